The minimum Gasteiger partial charge on any atom is -0.366 e. The lowest BCUT2D eigenvalue weighted by atomic mass is 9.99. The van der Waals surface area contributed by atoms with Crippen molar-refractivity contribution in [2.75, 3.05) is 44.9 Å². The number of primary amides is 1. The van der Waals surface area contributed by atoms with Gasteiger partial charge < -0.3 is 26.2 Å². The number of rotatable bonds is 10. The molecule has 186 valence electrons. The first-order chi connectivity index (χ1) is 17.3. The van der Waals surface area contributed by atoms with E-state index in [9.17, 15) is 9.59 Å². The number of nitrogens with one attached hydrogen (secondary N) is 2. The summed E-state index contributed by atoms with van der Waals surface area (Å²) < 4.78 is 0. The van der Waals surface area contributed by atoms with Crippen LogP contribution in [0.4, 0.5) is 11.4 Å². The van der Waals surface area contributed by atoms with Crippen molar-refractivity contribution < 1.29 is 9.59 Å². The zero-order chi connectivity index (χ0) is 25.7. The average molecular weight is 484 g/mol. The molecule has 3 aromatic rings. The van der Waals surface area contributed by atoms with Gasteiger partial charge in [-0.2, -0.15) is 0 Å². The van der Waals surface area contributed by atoms with E-state index in [0.717, 1.165) is 42.9 Å². The van der Waals surface area contributed by atoms with Crippen molar-refractivity contribution in [2.24, 2.45) is 5.73 Å². The van der Waals surface area contributed by atoms with Crippen LogP contribution < -0.4 is 16.4 Å². The Morgan fingerprint density at radius 1 is 0.917 bits per heavy atom. The number of nitrogens with zero attached hydrogens (tertiary/aromatic N) is 2. The standard InChI is InChI=1S/C29H33N5O2/c1-33(2)15-8-16-34(3)19-20-9-7-12-23(17-20)31-27(21-10-5-4-6-11-21)26-24-14-13-22(28(30)35)18-25(24)32-29(26)36/h4-7,9-14,17-18,31H,8,15-16,19H2,1-3H3,(H2,30,35)(H,32,36)/b27-26-. The molecule has 1 aliphatic rings. The zero-order valence-corrected chi connectivity index (χ0v) is 21.0. The summed E-state index contributed by atoms with van der Waals surface area (Å²) in [7, 11) is 6.31. The van der Waals surface area contributed by atoms with E-state index in [1.54, 1.807) is 18.2 Å². The van der Waals surface area contributed by atoms with Gasteiger partial charge in [0, 0.05) is 29.0 Å². The van der Waals surface area contributed by atoms with Gasteiger partial charge in [-0.25, -0.2) is 0 Å². The molecule has 36 heavy (non-hydrogen) atoms. The van der Waals surface area contributed by atoms with Crippen molar-refractivity contribution in [3.63, 3.8) is 0 Å². The fourth-order valence-electron chi connectivity index (χ4n) is 4.40. The Hall–Kier alpha value is -3.94. The molecule has 4 N–H and O–H groups in total. The van der Waals surface area contributed by atoms with Crippen molar-refractivity contribution in [3.8, 4) is 0 Å². The summed E-state index contributed by atoms with van der Waals surface area (Å²) in [6.45, 7) is 2.91. The van der Waals surface area contributed by atoms with Crippen LogP contribution in [0.2, 0.25) is 0 Å². The van der Waals surface area contributed by atoms with Crippen LogP contribution in [0.25, 0.3) is 11.3 Å². The van der Waals surface area contributed by atoms with Crippen LogP contribution in [0.3, 0.4) is 0 Å². The zero-order valence-electron chi connectivity index (χ0n) is 21.0. The molecule has 3 aromatic carbocycles. The summed E-state index contributed by atoms with van der Waals surface area (Å²) in [5, 5.41) is 6.41. The number of anilines is 2. The predicted octanol–water partition coefficient (Wildman–Crippen LogP) is 4.10. The Kier molecular flexibility index (Phi) is 7.83. The van der Waals surface area contributed by atoms with Crippen molar-refractivity contribution in [1.29, 1.82) is 0 Å². The second-order valence-corrected chi connectivity index (χ2v) is 9.41. The van der Waals surface area contributed by atoms with E-state index >= 15 is 0 Å². The SMILES string of the molecule is CN(C)CCCN(C)Cc1cccc(N/C(=C2\C(=O)Nc3cc(C(N)=O)ccc32)c2ccccc2)c1. The Morgan fingerprint density at radius 2 is 1.69 bits per heavy atom. The van der Waals surface area contributed by atoms with Crippen LogP contribution in [0, 0.1) is 0 Å². The molecule has 0 saturated heterocycles. The number of hydrogen-bond acceptors (Lipinski definition) is 5. The quantitative estimate of drug-likeness (QED) is 0.378. The lowest BCUT2D eigenvalue weighted by Crippen LogP contribution is -2.23. The molecule has 0 atom stereocenters. The first kappa shape index (κ1) is 25.2. The van der Waals surface area contributed by atoms with Gasteiger partial charge in [-0.15, -0.1) is 0 Å². The fourth-order valence-corrected chi connectivity index (χ4v) is 4.40. The molecule has 2 amide bonds. The minimum absolute atomic E-state index is 0.227. The molecule has 7 heteroatoms. The highest BCUT2D eigenvalue weighted by Gasteiger charge is 2.29. The molecule has 0 unspecified atom stereocenters. The maximum Gasteiger partial charge on any atom is 0.258 e. The lowest BCUT2D eigenvalue weighted by Gasteiger charge is -2.19. The van der Waals surface area contributed by atoms with Crippen LogP contribution >= 0.6 is 0 Å². The third-order valence-electron chi connectivity index (χ3n) is 6.16. The molecule has 0 aliphatic carbocycles. The highest BCUT2D eigenvalue weighted by Crippen LogP contribution is 2.38. The summed E-state index contributed by atoms with van der Waals surface area (Å²) in [6.07, 6.45) is 1.11. The summed E-state index contributed by atoms with van der Waals surface area (Å²) in [4.78, 5) is 29.3. The number of nitrogens with two attached hydrogens (primary N) is 1. The Balaban J connectivity index is 1.65. The van der Waals surface area contributed by atoms with Gasteiger partial charge in [0.15, 0.2) is 0 Å². The second-order valence-electron chi connectivity index (χ2n) is 9.41. The molecule has 4 rings (SSSR count). The summed E-state index contributed by atoms with van der Waals surface area (Å²) in [6, 6.07) is 23.1. The summed E-state index contributed by atoms with van der Waals surface area (Å²) >= 11 is 0. The monoisotopic (exact) mass is 483 g/mol. The van der Waals surface area contributed by atoms with Crippen molar-refractivity contribution in [2.45, 2.75) is 13.0 Å². The van der Waals surface area contributed by atoms with Crippen molar-refractivity contribution >= 4 is 34.5 Å². The molecule has 1 aliphatic heterocycles. The third kappa shape index (κ3) is 6.00. The topological polar surface area (TPSA) is 90.7 Å². The van der Waals surface area contributed by atoms with Crippen LogP contribution in [-0.2, 0) is 11.3 Å². The number of carbonyl (C=O) groups is 2. The molecular formula is C29H33N5O2. The Labute approximate surface area is 212 Å². The van der Waals surface area contributed by atoms with E-state index < -0.39 is 5.91 Å². The van der Waals surface area contributed by atoms with Gasteiger partial charge in [0.1, 0.15) is 0 Å². The first-order valence-corrected chi connectivity index (χ1v) is 12.1. The smallest absolute Gasteiger partial charge is 0.258 e. The Bertz CT molecular complexity index is 1280. The summed E-state index contributed by atoms with van der Waals surface area (Å²) in [5.41, 5.74) is 11.3. The van der Waals surface area contributed by atoms with Gasteiger partial charge in [0.05, 0.1) is 11.3 Å². The Morgan fingerprint density at radius 3 is 2.42 bits per heavy atom. The van der Waals surface area contributed by atoms with E-state index in [2.05, 4.69) is 53.7 Å². The van der Waals surface area contributed by atoms with Crippen molar-refractivity contribution in [1.82, 2.24) is 9.80 Å². The molecule has 0 fully saturated rings. The number of carbonyl (C=O) groups excluding carboxylic acids is 2. The van der Waals surface area contributed by atoms with E-state index in [1.807, 2.05) is 42.5 Å². The number of amides is 2. The van der Waals surface area contributed by atoms with Gasteiger partial charge in [-0.1, -0.05) is 48.5 Å². The van der Waals surface area contributed by atoms with Crippen molar-refractivity contribution in [3.05, 3.63) is 95.1 Å². The molecule has 0 aromatic heterocycles. The van der Waals surface area contributed by atoms with E-state index in [4.69, 9.17) is 5.73 Å². The second kappa shape index (κ2) is 11.2. The molecule has 1 heterocycles. The number of fused-ring (bicyclic) bond motifs is 1. The maximum atomic E-state index is 13.1. The van der Waals surface area contributed by atoms with Gasteiger partial charge in [0.25, 0.3) is 5.91 Å². The molecule has 0 bridgehead atoms. The van der Waals surface area contributed by atoms with Gasteiger partial charge in [-0.05, 0) is 76.0 Å². The normalized spacial score (nSPS) is 14.1. The molecular weight excluding hydrogens is 450 g/mol. The third-order valence-corrected chi connectivity index (χ3v) is 6.16. The first-order valence-electron chi connectivity index (χ1n) is 12.1. The highest BCUT2D eigenvalue weighted by atomic mass is 16.2. The molecule has 0 spiro atoms. The van der Waals surface area contributed by atoms with Crippen LogP contribution in [-0.4, -0.2) is 55.8 Å². The van der Waals surface area contributed by atoms with Gasteiger partial charge in [0.2, 0.25) is 5.91 Å². The molecule has 0 radical (unpaired) electrons. The molecule has 0 saturated carbocycles. The molecule has 7 nitrogen and oxygen atoms in total. The largest absolute Gasteiger partial charge is 0.366 e. The van der Waals surface area contributed by atoms with E-state index in [-0.39, 0.29) is 5.91 Å². The van der Waals surface area contributed by atoms with Gasteiger partial charge in [-0.3, -0.25) is 9.59 Å². The lowest BCUT2D eigenvalue weighted by molar-refractivity contribution is -0.110. The van der Waals surface area contributed by atoms with Crippen LogP contribution in [0.5, 0.6) is 0 Å². The van der Waals surface area contributed by atoms with Crippen LogP contribution in [0.1, 0.15) is 33.5 Å². The number of benzene rings is 3. The van der Waals surface area contributed by atoms with E-state index in [0.29, 0.717) is 22.5 Å². The summed E-state index contributed by atoms with van der Waals surface area (Å²) in [5.74, 6) is -0.760. The number of hydrogen-bond donors (Lipinski definition) is 3. The average Bonchev–Trinajstić information content (AvgIpc) is 3.17. The van der Waals surface area contributed by atoms with E-state index in [1.165, 1.54) is 5.56 Å². The van der Waals surface area contributed by atoms with Gasteiger partial charge >= 0.3 is 0 Å². The van der Waals surface area contributed by atoms with Crippen LogP contribution in [0.15, 0.2) is 72.8 Å². The minimum atomic E-state index is -0.533. The maximum absolute atomic E-state index is 13.1. The fraction of sp³-hybridized carbons (Fsp3) is 0.241. The highest BCUT2D eigenvalue weighted by molar-refractivity contribution is 6.37. The predicted molar refractivity (Wildman–Crippen MR) is 146 cm³/mol.